The summed E-state index contributed by atoms with van der Waals surface area (Å²) in [6.07, 6.45) is 3.47. The molecule has 1 aromatic heterocycles. The molecule has 0 saturated heterocycles. The Labute approximate surface area is 183 Å². The molecule has 0 spiro atoms. The summed E-state index contributed by atoms with van der Waals surface area (Å²) in [5, 5.41) is 14.4. The van der Waals surface area contributed by atoms with Crippen LogP contribution in [0.25, 0.3) is 22.0 Å². The number of hydrogen-bond donors (Lipinski definition) is 1. The van der Waals surface area contributed by atoms with E-state index in [1.54, 1.807) is 14.2 Å². The molecule has 1 heterocycles. The zero-order valence-corrected chi connectivity index (χ0v) is 18.2. The number of benzene rings is 3. The van der Waals surface area contributed by atoms with Crippen molar-refractivity contribution in [3.05, 3.63) is 72.3 Å². The van der Waals surface area contributed by atoms with Crippen molar-refractivity contribution in [2.24, 2.45) is 0 Å². The summed E-state index contributed by atoms with van der Waals surface area (Å²) in [5.74, 6) is 1.99. The highest BCUT2D eigenvalue weighted by Crippen LogP contribution is 2.39. The summed E-state index contributed by atoms with van der Waals surface area (Å²) >= 11 is 0. The molecular weight excluding hydrogens is 386 g/mol. The lowest BCUT2D eigenvalue weighted by molar-refractivity contribution is 0.356. The summed E-state index contributed by atoms with van der Waals surface area (Å²) in [5.41, 5.74) is 4.12. The van der Waals surface area contributed by atoms with Crippen LogP contribution < -0.4 is 14.8 Å². The van der Waals surface area contributed by atoms with Crippen LogP contribution in [0.1, 0.15) is 25.3 Å². The van der Waals surface area contributed by atoms with Gasteiger partial charge in [0.2, 0.25) is 0 Å². The van der Waals surface area contributed by atoms with Gasteiger partial charge in [0.25, 0.3) is 0 Å². The van der Waals surface area contributed by atoms with Crippen molar-refractivity contribution >= 4 is 22.3 Å². The van der Waals surface area contributed by atoms with Crippen molar-refractivity contribution in [3.8, 4) is 22.8 Å². The highest BCUT2D eigenvalue weighted by Gasteiger charge is 2.16. The van der Waals surface area contributed by atoms with Crippen molar-refractivity contribution in [2.75, 3.05) is 19.5 Å². The average molecular weight is 414 g/mol. The molecule has 0 atom stereocenters. The minimum atomic E-state index is 0.653. The van der Waals surface area contributed by atoms with Crippen LogP contribution >= 0.6 is 0 Å². The van der Waals surface area contributed by atoms with Gasteiger partial charge in [-0.2, -0.15) is 0 Å². The van der Waals surface area contributed by atoms with Crippen molar-refractivity contribution < 1.29 is 9.47 Å². The van der Waals surface area contributed by atoms with Gasteiger partial charge in [-0.05, 0) is 42.7 Å². The Morgan fingerprint density at radius 3 is 2.13 bits per heavy atom. The normalized spacial score (nSPS) is 10.8. The third-order valence-electron chi connectivity index (χ3n) is 5.37. The predicted molar refractivity (Wildman–Crippen MR) is 126 cm³/mol. The van der Waals surface area contributed by atoms with E-state index >= 15 is 0 Å². The molecule has 5 heteroatoms. The number of aryl methyl sites for hydroxylation is 1. The third kappa shape index (κ3) is 4.45. The van der Waals surface area contributed by atoms with Gasteiger partial charge in [-0.1, -0.05) is 55.8 Å². The zero-order valence-electron chi connectivity index (χ0n) is 18.2. The molecule has 1 N–H and O–H groups in total. The fourth-order valence-electron chi connectivity index (χ4n) is 3.65. The largest absolute Gasteiger partial charge is 0.493 e. The second kappa shape index (κ2) is 9.47. The Balaban J connectivity index is 1.83. The second-order valence-electron chi connectivity index (χ2n) is 7.44. The number of methoxy groups -OCH3 is 2. The van der Waals surface area contributed by atoms with Gasteiger partial charge in [0.1, 0.15) is 5.69 Å². The third-order valence-corrected chi connectivity index (χ3v) is 5.37. The molecule has 0 saturated carbocycles. The fraction of sp³-hybridized carbons (Fsp3) is 0.231. The zero-order chi connectivity index (χ0) is 21.6. The number of aromatic nitrogens is 2. The Morgan fingerprint density at radius 1 is 0.806 bits per heavy atom. The highest BCUT2D eigenvalue weighted by molar-refractivity contribution is 6.02. The first kappa shape index (κ1) is 20.7. The number of nitrogens with zero attached hydrogens (tertiary/aromatic N) is 2. The lowest BCUT2D eigenvalue weighted by Gasteiger charge is -2.15. The molecule has 31 heavy (non-hydrogen) atoms. The van der Waals surface area contributed by atoms with Gasteiger partial charge in [-0.3, -0.25) is 0 Å². The molecule has 0 aliphatic rings. The number of anilines is 2. The molecule has 4 rings (SSSR count). The molecule has 0 radical (unpaired) electrons. The summed E-state index contributed by atoms with van der Waals surface area (Å²) < 4.78 is 11.1. The molecule has 0 fully saturated rings. The molecule has 0 amide bonds. The molecule has 158 valence electrons. The van der Waals surface area contributed by atoms with Crippen LogP contribution in [0.15, 0.2) is 66.7 Å². The molecule has 4 aromatic rings. The van der Waals surface area contributed by atoms with Crippen molar-refractivity contribution in [2.45, 2.75) is 26.2 Å². The Bertz CT molecular complexity index is 1160. The first-order valence-corrected chi connectivity index (χ1v) is 10.6. The average Bonchev–Trinajstić information content (AvgIpc) is 2.83. The van der Waals surface area contributed by atoms with Crippen LogP contribution in [-0.4, -0.2) is 24.4 Å². The van der Waals surface area contributed by atoms with E-state index in [0.29, 0.717) is 17.3 Å². The molecule has 0 bridgehead atoms. The summed E-state index contributed by atoms with van der Waals surface area (Å²) in [6, 6.07) is 22.5. The quantitative estimate of drug-likeness (QED) is 0.362. The van der Waals surface area contributed by atoms with Gasteiger partial charge < -0.3 is 14.8 Å². The molecular formula is C26H27N3O2. The van der Waals surface area contributed by atoms with E-state index in [1.165, 1.54) is 18.4 Å². The molecule has 0 aliphatic carbocycles. The SMILES string of the molecule is CCCCc1ccc(-c2nnc(Nc3ccccc3)c3cc(OC)c(OC)cc23)cc1. The monoisotopic (exact) mass is 413 g/mol. The number of fused-ring (bicyclic) bond motifs is 1. The van der Waals surface area contributed by atoms with Crippen LogP contribution in [-0.2, 0) is 6.42 Å². The van der Waals surface area contributed by atoms with Gasteiger partial charge in [0.15, 0.2) is 17.3 Å². The smallest absolute Gasteiger partial charge is 0.161 e. The number of rotatable bonds is 8. The van der Waals surface area contributed by atoms with Crippen molar-refractivity contribution in [3.63, 3.8) is 0 Å². The van der Waals surface area contributed by atoms with Crippen molar-refractivity contribution in [1.82, 2.24) is 10.2 Å². The summed E-state index contributed by atoms with van der Waals surface area (Å²) in [4.78, 5) is 0. The van der Waals surface area contributed by atoms with Crippen LogP contribution in [0.5, 0.6) is 11.5 Å². The van der Waals surface area contributed by atoms with E-state index in [1.807, 2.05) is 42.5 Å². The predicted octanol–water partition coefficient (Wildman–Crippen LogP) is 6.40. The minimum Gasteiger partial charge on any atom is -0.493 e. The maximum absolute atomic E-state index is 5.56. The first-order valence-electron chi connectivity index (χ1n) is 10.6. The summed E-state index contributed by atoms with van der Waals surface area (Å²) in [7, 11) is 3.28. The highest BCUT2D eigenvalue weighted by atomic mass is 16.5. The van der Waals surface area contributed by atoms with Gasteiger partial charge >= 0.3 is 0 Å². The topological polar surface area (TPSA) is 56.3 Å². The van der Waals surface area contributed by atoms with E-state index in [2.05, 4.69) is 46.7 Å². The van der Waals surface area contributed by atoms with E-state index in [-0.39, 0.29) is 0 Å². The lowest BCUT2D eigenvalue weighted by Crippen LogP contribution is -2.00. The molecule has 0 aliphatic heterocycles. The van der Waals surface area contributed by atoms with E-state index in [9.17, 15) is 0 Å². The number of nitrogens with one attached hydrogen (secondary N) is 1. The number of hydrogen-bond acceptors (Lipinski definition) is 5. The van der Waals surface area contributed by atoms with Crippen LogP contribution in [0.4, 0.5) is 11.5 Å². The van der Waals surface area contributed by atoms with Gasteiger partial charge in [-0.25, -0.2) is 0 Å². The molecule has 0 unspecified atom stereocenters. The van der Waals surface area contributed by atoms with Gasteiger partial charge in [0, 0.05) is 22.0 Å². The Kier molecular flexibility index (Phi) is 6.32. The standard InChI is InChI=1S/C26H27N3O2/c1-4-5-9-18-12-14-19(15-13-18)25-21-16-23(30-2)24(31-3)17-22(21)26(29-28-25)27-20-10-7-6-8-11-20/h6-8,10-17H,4-5,9H2,1-3H3,(H,27,29). The maximum Gasteiger partial charge on any atom is 0.161 e. The number of ether oxygens (including phenoxy) is 2. The Hall–Kier alpha value is -3.60. The Morgan fingerprint density at radius 2 is 1.48 bits per heavy atom. The van der Waals surface area contributed by atoms with Gasteiger partial charge in [0.05, 0.1) is 14.2 Å². The maximum atomic E-state index is 5.56. The molecule has 5 nitrogen and oxygen atoms in total. The molecule has 3 aromatic carbocycles. The van der Waals surface area contributed by atoms with E-state index in [4.69, 9.17) is 9.47 Å². The van der Waals surface area contributed by atoms with Crippen LogP contribution in [0, 0.1) is 0 Å². The summed E-state index contributed by atoms with van der Waals surface area (Å²) in [6.45, 7) is 2.21. The lowest BCUT2D eigenvalue weighted by atomic mass is 10.0. The van der Waals surface area contributed by atoms with E-state index < -0.39 is 0 Å². The minimum absolute atomic E-state index is 0.653. The first-order chi connectivity index (χ1) is 15.2. The number of para-hydroxylation sites is 1. The van der Waals surface area contributed by atoms with Gasteiger partial charge in [-0.15, -0.1) is 10.2 Å². The van der Waals surface area contributed by atoms with Crippen LogP contribution in [0.2, 0.25) is 0 Å². The van der Waals surface area contributed by atoms with Crippen LogP contribution in [0.3, 0.4) is 0 Å². The second-order valence-corrected chi connectivity index (χ2v) is 7.44. The number of unbranched alkanes of at least 4 members (excludes halogenated alkanes) is 1. The van der Waals surface area contributed by atoms with E-state index in [0.717, 1.165) is 34.1 Å². The van der Waals surface area contributed by atoms with Crippen molar-refractivity contribution in [1.29, 1.82) is 0 Å². The fourth-order valence-corrected chi connectivity index (χ4v) is 3.65.